The maximum Gasteiger partial charge on any atom is 0.203 e. The lowest BCUT2D eigenvalue weighted by Gasteiger charge is -2.36. The Morgan fingerprint density at radius 3 is 1.80 bits per heavy atom. The summed E-state index contributed by atoms with van der Waals surface area (Å²) in [7, 11) is 0. The molecule has 0 amide bonds. The number of hydrogen-bond donors (Lipinski definition) is 0. The third kappa shape index (κ3) is 0.629. The van der Waals surface area contributed by atoms with Gasteiger partial charge in [-0.05, 0) is 0 Å². The zero-order valence-electron chi connectivity index (χ0n) is 5.25. The lowest BCUT2D eigenvalue weighted by atomic mass is 10.2. The van der Waals surface area contributed by atoms with E-state index >= 15 is 0 Å². The molecule has 2 fully saturated rings. The van der Waals surface area contributed by atoms with Crippen LogP contribution in [0.2, 0.25) is 0 Å². The topological polar surface area (TPSA) is 52.6 Å². The van der Waals surface area contributed by atoms with Gasteiger partial charge in [-0.25, -0.2) is 0 Å². The molecule has 54 valence electrons. The molecule has 0 radical (unpaired) electrons. The Morgan fingerprint density at radius 1 is 1.10 bits per heavy atom. The summed E-state index contributed by atoms with van der Waals surface area (Å²) in [5, 5.41) is 0. The van der Waals surface area contributed by atoms with E-state index in [2.05, 4.69) is 0 Å². The van der Waals surface area contributed by atoms with Crippen LogP contribution in [-0.2, 0) is 19.1 Å². The molecule has 1 saturated heterocycles. The van der Waals surface area contributed by atoms with E-state index in [-0.39, 0.29) is 31.2 Å². The first-order valence-electron chi connectivity index (χ1n) is 3.06. The molecule has 1 heterocycles. The Kier molecular flexibility index (Phi) is 0.988. The van der Waals surface area contributed by atoms with Crippen LogP contribution in [0, 0.1) is 0 Å². The van der Waals surface area contributed by atoms with Crippen molar-refractivity contribution in [1.29, 1.82) is 0 Å². The Hall–Kier alpha value is -0.740. The molecule has 10 heavy (non-hydrogen) atoms. The Morgan fingerprint density at radius 2 is 1.60 bits per heavy atom. The summed E-state index contributed by atoms with van der Waals surface area (Å²) in [6.07, 6.45) is 0.206. The number of ether oxygens (including phenoxy) is 2. The maximum absolute atomic E-state index is 10.7. The van der Waals surface area contributed by atoms with Crippen LogP contribution >= 0.6 is 0 Å². The summed E-state index contributed by atoms with van der Waals surface area (Å²) >= 11 is 0. The minimum atomic E-state index is -0.839. The monoisotopic (exact) mass is 142 g/mol. The minimum Gasteiger partial charge on any atom is -0.323 e. The first-order valence-corrected chi connectivity index (χ1v) is 3.06. The molecule has 1 aliphatic carbocycles. The Labute approximate surface area is 57.1 Å². The Balaban J connectivity index is 2.17. The number of carbonyl (C=O) groups excluding carboxylic acids is 2. The molecule has 0 aromatic carbocycles. The van der Waals surface area contributed by atoms with E-state index in [4.69, 9.17) is 9.47 Å². The first kappa shape index (κ1) is 6.00. The normalized spacial score (nSPS) is 29.2. The van der Waals surface area contributed by atoms with Crippen molar-refractivity contribution in [1.82, 2.24) is 0 Å². The summed E-state index contributed by atoms with van der Waals surface area (Å²) in [5.41, 5.74) is 0. The molecule has 0 aromatic rings. The van der Waals surface area contributed by atoms with Crippen molar-refractivity contribution in [3.63, 3.8) is 0 Å². The zero-order valence-corrected chi connectivity index (χ0v) is 5.25. The summed E-state index contributed by atoms with van der Waals surface area (Å²) in [6, 6.07) is 0. The van der Waals surface area contributed by atoms with Gasteiger partial charge in [0.1, 0.15) is 0 Å². The second-order valence-electron chi connectivity index (χ2n) is 2.52. The number of Topliss-reactive ketones (excluding diaryl/α,β-unsaturated/α-hetero) is 2. The largest absolute Gasteiger partial charge is 0.323 e. The van der Waals surface area contributed by atoms with E-state index in [1.165, 1.54) is 0 Å². The molecule has 4 nitrogen and oxygen atoms in total. The average Bonchev–Trinajstić information content (AvgIpc) is 2.08. The molecule has 1 saturated carbocycles. The number of hydrogen-bond acceptors (Lipinski definition) is 4. The fraction of sp³-hybridized carbons (Fsp3) is 0.667. The van der Waals surface area contributed by atoms with E-state index in [0.717, 1.165) is 0 Å². The van der Waals surface area contributed by atoms with Crippen LogP contribution < -0.4 is 0 Å². The predicted octanol–water partition coefficient (Wildman–Crippen LogP) is -0.381. The highest BCUT2D eigenvalue weighted by molar-refractivity contribution is 6.39. The number of rotatable bonds is 0. The van der Waals surface area contributed by atoms with E-state index in [0.29, 0.717) is 0 Å². The summed E-state index contributed by atoms with van der Waals surface area (Å²) < 4.78 is 9.91. The Bertz CT molecular complexity index is 186. The van der Waals surface area contributed by atoms with E-state index in [9.17, 15) is 9.59 Å². The van der Waals surface area contributed by atoms with Crippen LogP contribution in [0.3, 0.4) is 0 Å². The molecule has 0 aromatic heterocycles. The fourth-order valence-corrected chi connectivity index (χ4v) is 1.18. The second kappa shape index (κ2) is 1.65. The minimum absolute atomic E-state index is 0.103. The SMILES string of the molecule is O=C1CC2(CC1=O)OCO2. The molecular weight excluding hydrogens is 136 g/mol. The van der Waals surface area contributed by atoms with Crippen LogP contribution in [0.5, 0.6) is 0 Å². The van der Waals surface area contributed by atoms with Crippen molar-refractivity contribution in [3.05, 3.63) is 0 Å². The summed E-state index contributed by atoms with van der Waals surface area (Å²) in [6.45, 7) is 0.209. The van der Waals surface area contributed by atoms with Gasteiger partial charge < -0.3 is 9.47 Å². The highest BCUT2D eigenvalue weighted by atomic mass is 16.9. The van der Waals surface area contributed by atoms with Crippen molar-refractivity contribution < 1.29 is 19.1 Å². The van der Waals surface area contributed by atoms with Crippen molar-refractivity contribution in [2.75, 3.05) is 6.79 Å². The van der Waals surface area contributed by atoms with Gasteiger partial charge in [0.2, 0.25) is 11.6 Å². The van der Waals surface area contributed by atoms with Gasteiger partial charge in [0.25, 0.3) is 0 Å². The molecule has 2 aliphatic rings. The van der Waals surface area contributed by atoms with Crippen LogP contribution in [0.25, 0.3) is 0 Å². The van der Waals surface area contributed by atoms with Crippen molar-refractivity contribution in [3.8, 4) is 0 Å². The lowest BCUT2D eigenvalue weighted by Crippen LogP contribution is -2.44. The molecule has 0 bridgehead atoms. The molecule has 2 rings (SSSR count). The van der Waals surface area contributed by atoms with Gasteiger partial charge in [-0.15, -0.1) is 0 Å². The second-order valence-corrected chi connectivity index (χ2v) is 2.52. The number of carbonyl (C=O) groups is 2. The van der Waals surface area contributed by atoms with Gasteiger partial charge in [0.15, 0.2) is 12.6 Å². The van der Waals surface area contributed by atoms with Crippen molar-refractivity contribution in [2.24, 2.45) is 0 Å². The fourth-order valence-electron chi connectivity index (χ4n) is 1.18. The van der Waals surface area contributed by atoms with Crippen LogP contribution in [-0.4, -0.2) is 24.1 Å². The van der Waals surface area contributed by atoms with Gasteiger partial charge in [0, 0.05) is 0 Å². The molecule has 4 heteroatoms. The summed E-state index contributed by atoms with van der Waals surface area (Å²) in [4.78, 5) is 21.3. The number of ketones is 2. The van der Waals surface area contributed by atoms with E-state index in [1.807, 2.05) is 0 Å². The highest BCUT2D eigenvalue weighted by Gasteiger charge is 2.51. The smallest absolute Gasteiger partial charge is 0.203 e. The van der Waals surface area contributed by atoms with Crippen LogP contribution in [0.4, 0.5) is 0 Å². The first-order chi connectivity index (χ1) is 4.72. The average molecular weight is 142 g/mol. The van der Waals surface area contributed by atoms with Gasteiger partial charge in [0.05, 0.1) is 12.8 Å². The van der Waals surface area contributed by atoms with Gasteiger partial charge >= 0.3 is 0 Å². The standard InChI is InChI=1S/C6H6O4/c7-4-1-6(2-5(4)8)9-3-10-6/h1-3H2. The van der Waals surface area contributed by atoms with Gasteiger partial charge in [-0.2, -0.15) is 0 Å². The van der Waals surface area contributed by atoms with Gasteiger partial charge in [-0.1, -0.05) is 0 Å². The van der Waals surface area contributed by atoms with Gasteiger partial charge in [-0.3, -0.25) is 9.59 Å². The highest BCUT2D eigenvalue weighted by Crippen LogP contribution is 2.35. The molecule has 0 N–H and O–H groups in total. The quantitative estimate of drug-likeness (QED) is 0.432. The third-order valence-electron chi connectivity index (χ3n) is 1.81. The van der Waals surface area contributed by atoms with Crippen molar-refractivity contribution >= 4 is 11.6 Å². The molecular formula is C6H6O4. The molecule has 1 spiro atoms. The zero-order chi connectivity index (χ0) is 7.19. The van der Waals surface area contributed by atoms with Crippen LogP contribution in [0.1, 0.15) is 12.8 Å². The molecule has 0 atom stereocenters. The summed E-state index contributed by atoms with van der Waals surface area (Å²) in [5.74, 6) is -1.59. The third-order valence-corrected chi connectivity index (χ3v) is 1.81. The molecule has 1 aliphatic heterocycles. The van der Waals surface area contributed by atoms with Crippen molar-refractivity contribution in [2.45, 2.75) is 18.6 Å². The van der Waals surface area contributed by atoms with Crippen LogP contribution in [0.15, 0.2) is 0 Å². The maximum atomic E-state index is 10.7. The predicted molar refractivity (Wildman–Crippen MR) is 29.0 cm³/mol. The lowest BCUT2D eigenvalue weighted by molar-refractivity contribution is -0.390. The van der Waals surface area contributed by atoms with E-state index < -0.39 is 5.79 Å². The van der Waals surface area contributed by atoms with E-state index in [1.54, 1.807) is 0 Å². The molecule has 0 unspecified atom stereocenters.